The van der Waals surface area contributed by atoms with Crippen LogP contribution in [0.5, 0.6) is 0 Å². The number of carbonyl (C=O) groups is 1. The Balaban J connectivity index is 1.44. The van der Waals surface area contributed by atoms with Crippen LogP contribution in [0, 0.1) is 0 Å². The average Bonchev–Trinajstić information content (AvgIpc) is 4.09. The van der Waals surface area contributed by atoms with Crippen LogP contribution in [0.2, 0.25) is 0 Å². The minimum absolute atomic E-state index is 0.00542. The number of aromatic amines is 2. The summed E-state index contributed by atoms with van der Waals surface area (Å²) in [7, 11) is 0. The molecule has 0 spiro atoms. The van der Waals surface area contributed by atoms with Gasteiger partial charge in [-0.1, -0.05) is 153 Å². The van der Waals surface area contributed by atoms with E-state index >= 15 is 0 Å². The Morgan fingerprint density at radius 1 is 0.413 bits per heavy atom. The molecule has 7 aromatic rings. The Morgan fingerprint density at radius 3 is 1.08 bits per heavy atom. The summed E-state index contributed by atoms with van der Waals surface area (Å²) in [6.07, 6.45) is 8.05. The first-order chi connectivity index (χ1) is 29.9. The van der Waals surface area contributed by atoms with E-state index in [0.29, 0.717) is 22.5 Å². The van der Waals surface area contributed by atoms with Crippen molar-refractivity contribution >= 4 is 52.3 Å². The van der Waals surface area contributed by atoms with E-state index in [0.717, 1.165) is 66.8 Å². The molecule has 0 amide bonds. The fourth-order valence-electron chi connectivity index (χ4n) is 8.70. The van der Waals surface area contributed by atoms with Gasteiger partial charge in [0.05, 0.1) is 28.3 Å². The van der Waals surface area contributed by atoms with Crippen molar-refractivity contribution in [3.05, 3.63) is 166 Å². The highest BCUT2D eigenvalue weighted by Gasteiger charge is 2.24. The Morgan fingerprint density at radius 2 is 0.730 bits per heavy atom. The maximum atomic E-state index is 12.8. The van der Waals surface area contributed by atoms with Gasteiger partial charge in [0.25, 0.3) is 0 Å². The Hall–Kier alpha value is -7.05. The van der Waals surface area contributed by atoms with E-state index in [2.05, 4.69) is 169 Å². The second-order valence-corrected chi connectivity index (χ2v) is 19.8. The van der Waals surface area contributed by atoms with Crippen LogP contribution in [-0.4, -0.2) is 31.0 Å². The van der Waals surface area contributed by atoms with E-state index in [1.807, 2.05) is 36.4 Å². The molecule has 0 fully saturated rings. The van der Waals surface area contributed by atoms with Crippen molar-refractivity contribution in [2.75, 3.05) is 0 Å². The number of rotatable bonds is 5. The number of nitrogens with zero attached hydrogens (tertiary/aromatic N) is 2. The number of aromatic nitrogens is 4. The van der Waals surface area contributed by atoms with Gasteiger partial charge in [-0.05, 0) is 104 Å². The van der Waals surface area contributed by atoms with Crippen LogP contribution >= 0.6 is 0 Å². The van der Waals surface area contributed by atoms with Crippen LogP contribution in [0.1, 0.15) is 112 Å². The Labute approximate surface area is 370 Å². The zero-order chi connectivity index (χ0) is 44.4. The molecule has 8 bridgehead atoms. The second kappa shape index (κ2) is 15.4. The van der Waals surface area contributed by atoms with Crippen molar-refractivity contribution in [2.45, 2.75) is 78.6 Å². The predicted molar refractivity (Wildman–Crippen MR) is 264 cm³/mol. The van der Waals surface area contributed by atoms with E-state index in [-0.39, 0.29) is 21.8 Å². The van der Waals surface area contributed by atoms with Gasteiger partial charge in [-0.3, -0.25) is 0 Å². The smallest absolute Gasteiger partial charge is 0.336 e. The molecule has 0 aliphatic carbocycles. The third-order valence-electron chi connectivity index (χ3n) is 12.3. The zero-order valence-electron chi connectivity index (χ0n) is 37.6. The lowest BCUT2D eigenvalue weighted by Crippen LogP contribution is -2.10. The summed E-state index contributed by atoms with van der Waals surface area (Å²) in [5, 5.41) is 10.5. The predicted octanol–water partition coefficient (Wildman–Crippen LogP) is 14.9. The van der Waals surface area contributed by atoms with Crippen molar-refractivity contribution in [1.82, 2.24) is 19.9 Å². The maximum Gasteiger partial charge on any atom is 0.336 e. The number of hydrogen-bond donors (Lipinski definition) is 3. The van der Waals surface area contributed by atoms with Gasteiger partial charge in [0.1, 0.15) is 0 Å². The number of carboxylic acids is 1. The number of hydrogen-bond acceptors (Lipinski definition) is 3. The first-order valence-electron chi connectivity index (χ1n) is 21.8. The zero-order valence-corrected chi connectivity index (χ0v) is 37.6. The Kier molecular flexibility index (Phi) is 10.1. The van der Waals surface area contributed by atoms with Gasteiger partial charge in [0.2, 0.25) is 0 Å². The molecule has 2 aliphatic rings. The van der Waals surface area contributed by atoms with Gasteiger partial charge >= 0.3 is 5.97 Å². The molecule has 6 heteroatoms. The highest BCUT2D eigenvalue weighted by atomic mass is 16.4. The topological polar surface area (TPSA) is 94.7 Å². The summed E-state index contributed by atoms with van der Waals surface area (Å²) in [5.74, 6) is -1.01. The minimum Gasteiger partial charge on any atom is -0.478 e. The lowest BCUT2D eigenvalue weighted by molar-refractivity contribution is 0.0697. The van der Waals surface area contributed by atoms with E-state index in [1.165, 1.54) is 16.7 Å². The molecule has 5 heterocycles. The first-order valence-corrected chi connectivity index (χ1v) is 21.8. The number of benzene rings is 4. The molecule has 3 N–H and O–H groups in total. The lowest BCUT2D eigenvalue weighted by Gasteiger charge is -2.19. The molecule has 0 saturated carbocycles. The SMILES string of the molecule is CC(C)(C)c1ccc(-c2c3nc(c(-c4ccccc4C(=O)O)c4nc(c(-c5ccc(C(C)(C)C)cc5)c5ccc([nH]5)c(-c5ccc(C(C)(C)C)cc5)c5ccc2[nH]5)C=C4)C=C3)cc1. The third-order valence-corrected chi connectivity index (χ3v) is 12.3. The van der Waals surface area contributed by atoms with E-state index in [1.54, 1.807) is 12.1 Å². The number of fused-ring (bicyclic) bond motifs is 8. The van der Waals surface area contributed by atoms with Crippen LogP contribution in [0.4, 0.5) is 0 Å². The van der Waals surface area contributed by atoms with E-state index in [9.17, 15) is 9.90 Å². The van der Waals surface area contributed by atoms with Crippen LogP contribution in [-0.2, 0) is 16.2 Å². The highest BCUT2D eigenvalue weighted by Crippen LogP contribution is 2.40. The molecule has 3 aromatic heterocycles. The van der Waals surface area contributed by atoms with Crippen LogP contribution < -0.4 is 0 Å². The molecular formula is C57H54N4O2. The van der Waals surface area contributed by atoms with Crippen molar-refractivity contribution < 1.29 is 9.90 Å². The third kappa shape index (κ3) is 7.87. The van der Waals surface area contributed by atoms with Gasteiger partial charge in [-0.15, -0.1) is 0 Å². The van der Waals surface area contributed by atoms with Gasteiger partial charge in [0.15, 0.2) is 0 Å². The molecule has 0 radical (unpaired) electrons. The first kappa shape index (κ1) is 41.3. The lowest BCUT2D eigenvalue weighted by atomic mass is 9.86. The van der Waals surface area contributed by atoms with Crippen molar-refractivity contribution in [2.24, 2.45) is 0 Å². The van der Waals surface area contributed by atoms with E-state index < -0.39 is 5.97 Å². The molecular weight excluding hydrogens is 773 g/mol. The molecule has 314 valence electrons. The minimum atomic E-state index is -1.01. The summed E-state index contributed by atoms with van der Waals surface area (Å²) in [6, 6.07) is 42.2. The molecule has 0 unspecified atom stereocenters. The largest absolute Gasteiger partial charge is 0.478 e. The van der Waals surface area contributed by atoms with Crippen molar-refractivity contribution in [3.8, 4) is 44.5 Å². The monoisotopic (exact) mass is 826 g/mol. The van der Waals surface area contributed by atoms with Gasteiger partial charge in [-0.25, -0.2) is 14.8 Å². The van der Waals surface area contributed by atoms with Crippen LogP contribution in [0.3, 0.4) is 0 Å². The number of aromatic carboxylic acids is 1. The summed E-state index contributed by atoms with van der Waals surface area (Å²) < 4.78 is 0. The number of carboxylic acid groups (broad SMARTS) is 1. The molecule has 6 nitrogen and oxygen atoms in total. The molecule has 0 atom stereocenters. The average molecular weight is 827 g/mol. The van der Waals surface area contributed by atoms with Crippen molar-refractivity contribution in [1.29, 1.82) is 0 Å². The number of nitrogens with one attached hydrogen (secondary N) is 2. The van der Waals surface area contributed by atoms with E-state index in [4.69, 9.17) is 9.97 Å². The summed E-state index contributed by atoms with van der Waals surface area (Å²) in [4.78, 5) is 31.3. The normalized spacial score (nSPS) is 12.8. The Bertz CT molecular complexity index is 3000. The standard InChI is InChI=1S/C57H54N4O2/c1-55(2,3)37-20-14-34(15-21-37)50-42-26-28-44(58-42)51(35-16-22-38(23-17-35)56(4,5)6)46-30-32-48(60-46)53(40-12-10-11-13-41(40)54(62)63)49-33-31-47(61-49)52(45-29-27-43(50)59-45)36-18-24-39(25-19-36)57(7,8)9/h10-33,58-59H,1-9H3,(H,62,63). The molecule has 9 rings (SSSR count). The molecule has 2 aliphatic heterocycles. The quantitative estimate of drug-likeness (QED) is 0.161. The van der Waals surface area contributed by atoms with Gasteiger partial charge in [-0.2, -0.15) is 0 Å². The molecule has 0 saturated heterocycles. The number of H-pyrrole nitrogens is 2. The van der Waals surface area contributed by atoms with Gasteiger partial charge < -0.3 is 15.1 Å². The van der Waals surface area contributed by atoms with Crippen LogP contribution in [0.25, 0.3) is 90.9 Å². The van der Waals surface area contributed by atoms with Crippen molar-refractivity contribution in [3.63, 3.8) is 0 Å². The highest BCUT2D eigenvalue weighted by molar-refractivity contribution is 6.03. The fourth-order valence-corrected chi connectivity index (χ4v) is 8.70. The summed E-state index contributed by atoms with van der Waals surface area (Å²) in [6.45, 7) is 20.1. The van der Waals surface area contributed by atoms with Gasteiger partial charge in [0, 0.05) is 49.9 Å². The molecule has 63 heavy (non-hydrogen) atoms. The second-order valence-electron chi connectivity index (χ2n) is 19.8. The maximum absolute atomic E-state index is 12.8. The fraction of sp³-hybridized carbons (Fsp3) is 0.211. The summed E-state index contributed by atoms with van der Waals surface area (Å²) >= 11 is 0. The molecule has 4 aromatic carbocycles. The van der Waals surface area contributed by atoms with Crippen LogP contribution in [0.15, 0.2) is 121 Å². The summed E-state index contributed by atoms with van der Waals surface area (Å²) in [5.41, 5.74) is 17.6.